The summed E-state index contributed by atoms with van der Waals surface area (Å²) in [5.41, 5.74) is 3.26. The lowest BCUT2D eigenvalue weighted by Gasteiger charge is -2.16. The highest BCUT2D eigenvalue weighted by Crippen LogP contribution is 2.43. The van der Waals surface area contributed by atoms with Gasteiger partial charge >= 0.3 is 0 Å². The third-order valence-corrected chi connectivity index (χ3v) is 5.36. The number of aromatic amines is 1. The monoisotopic (exact) mass is 390 g/mol. The molecule has 0 bridgehead atoms. The number of rotatable bonds is 7. The largest absolute Gasteiger partial charge is 0.493 e. The Hall–Kier alpha value is -3.18. The molecule has 4 aromatic rings. The predicted molar refractivity (Wildman–Crippen MR) is 117 cm³/mol. The topological polar surface area (TPSA) is 55.5 Å². The maximum Gasteiger partial charge on any atom is 0.205 e. The van der Waals surface area contributed by atoms with Crippen molar-refractivity contribution in [3.05, 3.63) is 65.9 Å². The van der Waals surface area contributed by atoms with Crippen LogP contribution in [0.2, 0.25) is 0 Å². The standard InChI is InChI=1S/C24H26N2O3/c1-15(19-11-7-9-16-8-5-6-10-20(16)19)25-14-18-12-17-13-21(27-2)23(28-3)24(29-4)22(17)26-18/h5-13,15,25-26H,14H2,1-4H3/t15-/m1/s1. The summed E-state index contributed by atoms with van der Waals surface area (Å²) in [5, 5.41) is 7.19. The molecule has 1 heterocycles. The number of nitrogens with one attached hydrogen (secondary N) is 2. The average molecular weight is 390 g/mol. The van der Waals surface area contributed by atoms with E-state index in [1.54, 1.807) is 21.3 Å². The summed E-state index contributed by atoms with van der Waals surface area (Å²) in [6.07, 6.45) is 0. The minimum atomic E-state index is 0.207. The molecule has 5 heteroatoms. The van der Waals surface area contributed by atoms with Crippen LogP contribution in [0.25, 0.3) is 21.7 Å². The maximum atomic E-state index is 5.59. The Kier molecular flexibility index (Phi) is 5.32. The summed E-state index contributed by atoms with van der Waals surface area (Å²) in [4.78, 5) is 3.46. The SMILES string of the molecule is COc1cc2cc(CN[C@H](C)c3cccc4ccccc34)[nH]c2c(OC)c1OC. The molecule has 1 aromatic heterocycles. The molecule has 0 radical (unpaired) electrons. The van der Waals surface area contributed by atoms with Gasteiger partial charge < -0.3 is 24.5 Å². The minimum absolute atomic E-state index is 0.207. The van der Waals surface area contributed by atoms with Crippen LogP contribution in [0.3, 0.4) is 0 Å². The van der Waals surface area contributed by atoms with Gasteiger partial charge in [-0.05, 0) is 35.4 Å². The van der Waals surface area contributed by atoms with Gasteiger partial charge in [0.15, 0.2) is 11.5 Å². The number of aromatic nitrogens is 1. The van der Waals surface area contributed by atoms with Gasteiger partial charge in [-0.25, -0.2) is 0 Å². The fourth-order valence-electron chi connectivity index (χ4n) is 3.90. The summed E-state index contributed by atoms with van der Waals surface area (Å²) in [6.45, 7) is 2.89. The molecule has 150 valence electrons. The smallest absolute Gasteiger partial charge is 0.205 e. The highest BCUT2D eigenvalue weighted by Gasteiger charge is 2.18. The van der Waals surface area contributed by atoms with E-state index >= 15 is 0 Å². The molecule has 5 nitrogen and oxygen atoms in total. The summed E-state index contributed by atoms with van der Waals surface area (Å²) in [5.74, 6) is 1.89. The zero-order valence-electron chi connectivity index (χ0n) is 17.2. The van der Waals surface area contributed by atoms with Gasteiger partial charge in [-0.2, -0.15) is 0 Å². The van der Waals surface area contributed by atoms with Crippen LogP contribution in [0.4, 0.5) is 0 Å². The van der Waals surface area contributed by atoms with Crippen molar-refractivity contribution >= 4 is 21.7 Å². The maximum absolute atomic E-state index is 5.59. The molecule has 0 amide bonds. The van der Waals surface area contributed by atoms with E-state index in [0.717, 1.165) is 16.6 Å². The molecule has 0 spiro atoms. The number of hydrogen-bond donors (Lipinski definition) is 2. The molecule has 0 aliphatic rings. The molecule has 0 unspecified atom stereocenters. The molecular formula is C24H26N2O3. The summed E-state index contributed by atoms with van der Waals surface area (Å²) < 4.78 is 16.5. The van der Waals surface area contributed by atoms with Crippen molar-refractivity contribution < 1.29 is 14.2 Å². The van der Waals surface area contributed by atoms with Gasteiger partial charge in [0, 0.05) is 23.7 Å². The van der Waals surface area contributed by atoms with E-state index in [1.165, 1.54) is 16.3 Å². The second-order valence-corrected chi connectivity index (χ2v) is 7.08. The molecule has 0 fully saturated rings. The molecule has 0 aliphatic carbocycles. The molecular weight excluding hydrogens is 364 g/mol. The Bertz CT molecular complexity index is 1140. The lowest BCUT2D eigenvalue weighted by atomic mass is 10.00. The number of benzene rings is 3. The highest BCUT2D eigenvalue weighted by molar-refractivity contribution is 5.91. The highest BCUT2D eigenvalue weighted by atomic mass is 16.5. The number of H-pyrrole nitrogens is 1. The molecule has 2 N–H and O–H groups in total. The molecule has 3 aromatic carbocycles. The van der Waals surface area contributed by atoms with Gasteiger partial charge in [-0.1, -0.05) is 42.5 Å². The van der Waals surface area contributed by atoms with Crippen molar-refractivity contribution in [3.63, 3.8) is 0 Å². The average Bonchev–Trinajstić information content (AvgIpc) is 3.18. The van der Waals surface area contributed by atoms with Gasteiger partial charge in [0.1, 0.15) is 0 Å². The second-order valence-electron chi connectivity index (χ2n) is 7.08. The van der Waals surface area contributed by atoms with E-state index < -0.39 is 0 Å². The normalized spacial score (nSPS) is 12.3. The van der Waals surface area contributed by atoms with Crippen LogP contribution in [0.5, 0.6) is 17.2 Å². The third kappa shape index (κ3) is 3.49. The first-order chi connectivity index (χ1) is 14.2. The lowest BCUT2D eigenvalue weighted by Crippen LogP contribution is -2.18. The van der Waals surface area contributed by atoms with Crippen LogP contribution >= 0.6 is 0 Å². The lowest BCUT2D eigenvalue weighted by molar-refractivity contribution is 0.327. The van der Waals surface area contributed by atoms with Gasteiger partial charge in [-0.3, -0.25) is 0 Å². The van der Waals surface area contributed by atoms with Crippen LogP contribution in [0, 0.1) is 0 Å². The number of ether oxygens (including phenoxy) is 3. The van der Waals surface area contributed by atoms with Crippen molar-refractivity contribution in [2.45, 2.75) is 19.5 Å². The van der Waals surface area contributed by atoms with Gasteiger partial charge in [0.2, 0.25) is 5.75 Å². The Balaban J connectivity index is 1.61. The number of fused-ring (bicyclic) bond motifs is 2. The Labute approximate surface area is 170 Å². The molecule has 0 saturated carbocycles. The van der Waals surface area contributed by atoms with Crippen LogP contribution in [0.15, 0.2) is 54.6 Å². The van der Waals surface area contributed by atoms with E-state index in [2.05, 4.69) is 65.8 Å². The summed E-state index contributed by atoms with van der Waals surface area (Å²) in [7, 11) is 4.88. The van der Waals surface area contributed by atoms with Gasteiger partial charge in [0.05, 0.1) is 26.8 Å². The Morgan fingerprint density at radius 2 is 1.62 bits per heavy atom. The Morgan fingerprint density at radius 3 is 2.38 bits per heavy atom. The van der Waals surface area contributed by atoms with Crippen molar-refractivity contribution in [2.75, 3.05) is 21.3 Å². The second kappa shape index (κ2) is 8.05. The van der Waals surface area contributed by atoms with E-state index in [4.69, 9.17) is 14.2 Å². The van der Waals surface area contributed by atoms with E-state index in [0.29, 0.717) is 23.8 Å². The van der Waals surface area contributed by atoms with Crippen molar-refractivity contribution in [1.29, 1.82) is 0 Å². The van der Waals surface area contributed by atoms with Gasteiger partial charge in [0.25, 0.3) is 0 Å². The molecule has 29 heavy (non-hydrogen) atoms. The quantitative estimate of drug-likeness (QED) is 0.455. The van der Waals surface area contributed by atoms with Crippen LogP contribution in [-0.4, -0.2) is 26.3 Å². The zero-order chi connectivity index (χ0) is 20.4. The van der Waals surface area contributed by atoms with E-state index in [-0.39, 0.29) is 6.04 Å². The fraction of sp³-hybridized carbons (Fsp3) is 0.250. The first kappa shape index (κ1) is 19.2. The molecule has 0 aliphatic heterocycles. The minimum Gasteiger partial charge on any atom is -0.493 e. The first-order valence-electron chi connectivity index (χ1n) is 9.67. The van der Waals surface area contributed by atoms with Crippen LogP contribution in [0.1, 0.15) is 24.2 Å². The molecule has 0 saturated heterocycles. The van der Waals surface area contributed by atoms with Gasteiger partial charge in [-0.15, -0.1) is 0 Å². The number of hydrogen-bond acceptors (Lipinski definition) is 4. The molecule has 4 rings (SSSR count). The third-order valence-electron chi connectivity index (χ3n) is 5.36. The van der Waals surface area contributed by atoms with E-state index in [1.807, 2.05) is 6.07 Å². The summed E-state index contributed by atoms with van der Waals surface area (Å²) >= 11 is 0. The molecule has 1 atom stereocenters. The number of methoxy groups -OCH3 is 3. The van der Waals surface area contributed by atoms with Crippen molar-refractivity contribution in [3.8, 4) is 17.2 Å². The fourth-order valence-corrected chi connectivity index (χ4v) is 3.90. The van der Waals surface area contributed by atoms with E-state index in [9.17, 15) is 0 Å². The summed E-state index contributed by atoms with van der Waals surface area (Å²) in [6, 6.07) is 19.2. The zero-order valence-corrected chi connectivity index (χ0v) is 17.2. The predicted octanol–water partition coefficient (Wildman–Crippen LogP) is 5.20. The first-order valence-corrected chi connectivity index (χ1v) is 9.67. The van der Waals surface area contributed by atoms with Crippen molar-refractivity contribution in [2.24, 2.45) is 0 Å². The van der Waals surface area contributed by atoms with Crippen molar-refractivity contribution in [1.82, 2.24) is 10.3 Å². The van der Waals surface area contributed by atoms with Crippen LogP contribution < -0.4 is 19.5 Å². The van der Waals surface area contributed by atoms with Crippen LogP contribution in [-0.2, 0) is 6.54 Å². The Morgan fingerprint density at radius 1 is 0.862 bits per heavy atom.